The molecule has 134 valence electrons. The lowest BCUT2D eigenvalue weighted by molar-refractivity contribution is 0.268. The Balaban J connectivity index is 1.87. The number of pyridine rings is 2. The molecular formula is C22H20N4O. The lowest BCUT2D eigenvalue weighted by Crippen LogP contribution is -2.26. The number of hydrogen-bond donors (Lipinski definition) is 1. The van der Waals surface area contributed by atoms with Crippen LogP contribution in [0.1, 0.15) is 36.8 Å². The van der Waals surface area contributed by atoms with Crippen molar-refractivity contribution >= 4 is 6.08 Å². The van der Waals surface area contributed by atoms with E-state index >= 15 is 0 Å². The molecule has 1 aliphatic carbocycles. The molecular weight excluding hydrogens is 336 g/mol. The van der Waals surface area contributed by atoms with Gasteiger partial charge < -0.3 is 10.5 Å². The molecule has 3 heterocycles. The normalized spacial score (nSPS) is 23.6. The Morgan fingerprint density at radius 1 is 1.19 bits per heavy atom. The van der Waals surface area contributed by atoms with Gasteiger partial charge in [-0.25, -0.2) is 0 Å². The molecule has 2 N–H and O–H groups in total. The number of rotatable bonds is 2. The summed E-state index contributed by atoms with van der Waals surface area (Å²) in [4.78, 5) is 8.43. The molecule has 0 unspecified atom stereocenters. The maximum atomic E-state index is 9.72. The van der Waals surface area contributed by atoms with Gasteiger partial charge in [0.15, 0.2) is 0 Å². The summed E-state index contributed by atoms with van der Waals surface area (Å²) in [6.45, 7) is 2.22. The fraction of sp³-hybridized carbons (Fsp3) is 0.227. The third-order valence-electron chi connectivity index (χ3n) is 5.00. The van der Waals surface area contributed by atoms with Crippen LogP contribution in [-0.4, -0.2) is 9.97 Å². The molecule has 0 amide bonds. The van der Waals surface area contributed by atoms with Gasteiger partial charge in [0.05, 0.1) is 5.92 Å². The summed E-state index contributed by atoms with van der Waals surface area (Å²) in [7, 11) is 0. The highest BCUT2D eigenvalue weighted by Gasteiger charge is 2.37. The second kappa shape index (κ2) is 7.08. The van der Waals surface area contributed by atoms with Crippen LogP contribution >= 0.6 is 0 Å². The van der Waals surface area contributed by atoms with Gasteiger partial charge in [0.1, 0.15) is 17.4 Å². The maximum Gasteiger partial charge on any atom is 0.205 e. The Labute approximate surface area is 158 Å². The van der Waals surface area contributed by atoms with Crippen molar-refractivity contribution < 1.29 is 4.74 Å². The lowest BCUT2D eigenvalue weighted by Gasteiger charge is -2.35. The molecule has 5 nitrogen and oxygen atoms in total. The Morgan fingerprint density at radius 3 is 2.63 bits per heavy atom. The monoisotopic (exact) mass is 356 g/mol. The van der Waals surface area contributed by atoms with Crippen LogP contribution in [0.3, 0.4) is 0 Å². The Kier molecular flexibility index (Phi) is 4.47. The topological polar surface area (TPSA) is 84.8 Å². The van der Waals surface area contributed by atoms with Crippen molar-refractivity contribution in [3.05, 3.63) is 88.5 Å². The van der Waals surface area contributed by atoms with Crippen molar-refractivity contribution in [3.8, 4) is 6.07 Å². The minimum Gasteiger partial charge on any atom is -0.440 e. The lowest BCUT2D eigenvalue weighted by atomic mass is 9.74. The van der Waals surface area contributed by atoms with Gasteiger partial charge in [-0.2, -0.15) is 5.26 Å². The van der Waals surface area contributed by atoms with Crippen LogP contribution in [0.2, 0.25) is 0 Å². The van der Waals surface area contributed by atoms with E-state index < -0.39 is 0 Å². The average molecular weight is 356 g/mol. The van der Waals surface area contributed by atoms with Gasteiger partial charge in [0, 0.05) is 24.8 Å². The molecule has 2 aromatic rings. The number of ether oxygens (including phenoxy) is 1. The van der Waals surface area contributed by atoms with Gasteiger partial charge in [-0.15, -0.1) is 0 Å². The zero-order valence-corrected chi connectivity index (χ0v) is 15.1. The molecule has 0 radical (unpaired) electrons. The van der Waals surface area contributed by atoms with Crippen molar-refractivity contribution in [1.82, 2.24) is 9.97 Å². The van der Waals surface area contributed by atoms with E-state index in [9.17, 15) is 5.26 Å². The summed E-state index contributed by atoms with van der Waals surface area (Å²) in [5, 5.41) is 9.72. The highest BCUT2D eigenvalue weighted by atomic mass is 16.5. The molecule has 2 aliphatic rings. The summed E-state index contributed by atoms with van der Waals surface area (Å²) in [6.07, 6.45) is 11.0. The molecule has 0 fully saturated rings. The number of hydrogen-bond acceptors (Lipinski definition) is 5. The second-order valence-electron chi connectivity index (χ2n) is 7.03. The second-order valence-corrected chi connectivity index (χ2v) is 7.03. The first-order valence-electron chi connectivity index (χ1n) is 8.99. The minimum atomic E-state index is -0.215. The van der Waals surface area contributed by atoms with Crippen LogP contribution in [0.5, 0.6) is 0 Å². The fourth-order valence-electron chi connectivity index (χ4n) is 3.90. The van der Waals surface area contributed by atoms with Crippen LogP contribution in [0, 0.1) is 17.2 Å². The molecule has 0 bridgehead atoms. The summed E-state index contributed by atoms with van der Waals surface area (Å²) in [5.41, 5.74) is 10.8. The third kappa shape index (κ3) is 3.22. The third-order valence-corrected chi connectivity index (χ3v) is 5.00. The molecule has 2 atom stereocenters. The standard InChI is InChI=1S/C22H20N4O/c1-14-8-17(10-15-4-2-6-25-12-15)21-18(9-14)20(16-5-3-7-26-13-16)19(11-23)22(24)27-21/h2-7,10,12-14,20H,8-9,24H2,1H3/b17-10+/t14-,20-/m0/s1. The van der Waals surface area contributed by atoms with Gasteiger partial charge in [-0.3, -0.25) is 9.97 Å². The first kappa shape index (κ1) is 17.0. The van der Waals surface area contributed by atoms with Gasteiger partial charge in [-0.05, 0) is 59.2 Å². The average Bonchev–Trinajstić information content (AvgIpc) is 2.69. The first-order chi connectivity index (χ1) is 13.2. The van der Waals surface area contributed by atoms with E-state index in [0.717, 1.165) is 40.9 Å². The fourth-order valence-corrected chi connectivity index (χ4v) is 3.90. The SMILES string of the molecule is C[C@@H]1CC2=C(OC(N)=C(C#N)[C@H]2c2cccnc2)/C(=C/c2cccnc2)C1. The smallest absolute Gasteiger partial charge is 0.205 e. The van der Waals surface area contributed by atoms with Crippen molar-refractivity contribution in [2.45, 2.75) is 25.7 Å². The molecule has 0 aromatic carbocycles. The highest BCUT2D eigenvalue weighted by molar-refractivity contribution is 5.61. The van der Waals surface area contributed by atoms with Crippen LogP contribution < -0.4 is 5.73 Å². The van der Waals surface area contributed by atoms with E-state index in [-0.39, 0.29) is 11.8 Å². The summed E-state index contributed by atoms with van der Waals surface area (Å²) in [5.74, 6) is 1.19. The van der Waals surface area contributed by atoms with E-state index in [1.165, 1.54) is 0 Å². The predicted molar refractivity (Wildman–Crippen MR) is 103 cm³/mol. The molecule has 27 heavy (non-hydrogen) atoms. The molecule has 4 rings (SSSR count). The highest BCUT2D eigenvalue weighted by Crippen LogP contribution is 2.48. The summed E-state index contributed by atoms with van der Waals surface area (Å²) in [6, 6.07) is 10.1. The zero-order valence-electron chi connectivity index (χ0n) is 15.1. The Hall–Kier alpha value is -3.39. The van der Waals surface area contributed by atoms with Crippen molar-refractivity contribution in [2.75, 3.05) is 0 Å². The summed E-state index contributed by atoms with van der Waals surface area (Å²) >= 11 is 0. The molecule has 2 aromatic heterocycles. The van der Waals surface area contributed by atoms with Crippen LogP contribution in [0.25, 0.3) is 6.08 Å². The molecule has 0 saturated heterocycles. The molecule has 0 saturated carbocycles. The van der Waals surface area contributed by atoms with E-state index in [1.54, 1.807) is 18.6 Å². The van der Waals surface area contributed by atoms with E-state index in [1.807, 2.05) is 30.5 Å². The molecule has 1 aliphatic heterocycles. The number of nitrogens with two attached hydrogens (primary N) is 1. The van der Waals surface area contributed by atoms with Gasteiger partial charge in [0.2, 0.25) is 5.88 Å². The van der Waals surface area contributed by atoms with Crippen LogP contribution in [0.4, 0.5) is 0 Å². The molecule has 0 spiro atoms. The van der Waals surface area contributed by atoms with Crippen molar-refractivity contribution in [1.29, 1.82) is 5.26 Å². The number of nitriles is 1. The largest absolute Gasteiger partial charge is 0.440 e. The maximum absolute atomic E-state index is 9.72. The molecule has 5 heteroatoms. The first-order valence-corrected chi connectivity index (χ1v) is 8.99. The number of nitrogens with zero attached hydrogens (tertiary/aromatic N) is 3. The summed E-state index contributed by atoms with van der Waals surface area (Å²) < 4.78 is 5.98. The van der Waals surface area contributed by atoms with E-state index in [0.29, 0.717) is 11.5 Å². The minimum absolute atomic E-state index is 0.178. The van der Waals surface area contributed by atoms with E-state index in [4.69, 9.17) is 10.5 Å². The number of aromatic nitrogens is 2. The van der Waals surface area contributed by atoms with Crippen LogP contribution in [-0.2, 0) is 4.74 Å². The quantitative estimate of drug-likeness (QED) is 0.877. The zero-order chi connectivity index (χ0) is 18.8. The predicted octanol–water partition coefficient (Wildman–Crippen LogP) is 4.05. The van der Waals surface area contributed by atoms with E-state index in [2.05, 4.69) is 29.0 Å². The van der Waals surface area contributed by atoms with Gasteiger partial charge >= 0.3 is 0 Å². The van der Waals surface area contributed by atoms with Gasteiger partial charge in [0.25, 0.3) is 0 Å². The van der Waals surface area contributed by atoms with Crippen molar-refractivity contribution in [2.24, 2.45) is 11.7 Å². The van der Waals surface area contributed by atoms with Crippen molar-refractivity contribution in [3.63, 3.8) is 0 Å². The Morgan fingerprint density at radius 2 is 1.96 bits per heavy atom. The number of allylic oxidation sites excluding steroid dienone is 3. The van der Waals surface area contributed by atoms with Crippen LogP contribution in [0.15, 0.2) is 77.4 Å². The Bertz CT molecular complexity index is 984. The van der Waals surface area contributed by atoms with Gasteiger partial charge in [-0.1, -0.05) is 19.1 Å².